The van der Waals surface area contributed by atoms with E-state index in [1.165, 1.54) is 6.07 Å². The Hall–Kier alpha value is -3.66. The Balaban J connectivity index is 1.73. The first kappa shape index (κ1) is 9.70. The number of furan rings is 2. The number of para-hydroxylation sites is 1. The third-order valence-electron chi connectivity index (χ3n) is 5.11. The van der Waals surface area contributed by atoms with Gasteiger partial charge >= 0.3 is 0 Å². The Morgan fingerprint density at radius 3 is 2.66 bits per heavy atom. The van der Waals surface area contributed by atoms with Crippen molar-refractivity contribution in [2.24, 2.45) is 0 Å². The Kier molecular flexibility index (Phi) is 1.90. The molecule has 0 aliphatic carbocycles. The maximum absolute atomic E-state index is 7.98. The Morgan fingerprint density at radius 1 is 0.828 bits per heavy atom. The molecular formula is C25H18N2O2. The Bertz CT molecular complexity index is 1890. The number of rotatable bonds is 1. The summed E-state index contributed by atoms with van der Waals surface area (Å²) >= 11 is 0. The van der Waals surface area contributed by atoms with Crippen molar-refractivity contribution in [1.82, 2.24) is 9.97 Å². The van der Waals surface area contributed by atoms with E-state index in [1.54, 1.807) is 12.1 Å². The molecule has 0 bridgehead atoms. The van der Waals surface area contributed by atoms with E-state index in [2.05, 4.69) is 9.97 Å². The van der Waals surface area contributed by atoms with E-state index in [4.69, 9.17) is 21.2 Å². The maximum atomic E-state index is 7.98. The third-order valence-corrected chi connectivity index (χ3v) is 5.11. The third kappa shape index (κ3) is 2.26. The van der Waals surface area contributed by atoms with E-state index >= 15 is 0 Å². The topological polar surface area (TPSA) is 52.1 Å². The van der Waals surface area contributed by atoms with Crippen LogP contribution in [-0.4, -0.2) is 9.97 Å². The first-order valence-electron chi connectivity index (χ1n) is 13.4. The van der Waals surface area contributed by atoms with Gasteiger partial charge < -0.3 is 8.83 Å². The Labute approximate surface area is 179 Å². The number of aromatic nitrogens is 2. The van der Waals surface area contributed by atoms with Gasteiger partial charge in [0.15, 0.2) is 5.58 Å². The van der Waals surface area contributed by atoms with Gasteiger partial charge in [0, 0.05) is 40.6 Å². The molecule has 0 atom stereocenters. The number of hydrogen-bond donors (Lipinski definition) is 0. The summed E-state index contributed by atoms with van der Waals surface area (Å²) in [5, 5.41) is 2.03. The molecule has 0 aliphatic rings. The van der Waals surface area contributed by atoms with Crippen LogP contribution in [0.5, 0.6) is 0 Å². The maximum Gasteiger partial charge on any atom is 0.163 e. The van der Waals surface area contributed by atoms with Crippen molar-refractivity contribution in [3.05, 3.63) is 71.5 Å². The molecule has 140 valence electrons. The van der Waals surface area contributed by atoms with Crippen LogP contribution in [0.3, 0.4) is 0 Å². The molecule has 29 heavy (non-hydrogen) atoms. The van der Waals surface area contributed by atoms with E-state index in [-0.39, 0.29) is 28.1 Å². The molecular weight excluding hydrogens is 360 g/mol. The Morgan fingerprint density at radius 2 is 1.76 bits per heavy atom. The predicted molar refractivity (Wildman–Crippen MR) is 116 cm³/mol. The number of aryl methyl sites for hydroxylation is 3. The summed E-state index contributed by atoms with van der Waals surface area (Å²) in [5.41, 5.74) is 1.28. The molecule has 0 N–H and O–H groups in total. The fourth-order valence-corrected chi connectivity index (χ4v) is 3.79. The highest BCUT2D eigenvalue weighted by molar-refractivity contribution is 6.22. The molecule has 0 spiro atoms. The van der Waals surface area contributed by atoms with Crippen LogP contribution in [0.25, 0.3) is 55.3 Å². The second-order valence-electron chi connectivity index (χ2n) is 6.86. The average molecular weight is 387 g/mol. The second-order valence-corrected chi connectivity index (χ2v) is 6.86. The summed E-state index contributed by atoms with van der Waals surface area (Å²) in [4.78, 5) is 8.64. The molecule has 2 aromatic carbocycles. The normalized spacial score (nSPS) is 17.9. The van der Waals surface area contributed by atoms with Crippen LogP contribution in [0.4, 0.5) is 0 Å². The van der Waals surface area contributed by atoms with Crippen LogP contribution in [0.2, 0.25) is 0 Å². The molecule has 0 fully saturated rings. The minimum Gasteiger partial charge on any atom is -0.456 e. The van der Waals surface area contributed by atoms with Gasteiger partial charge in [-0.15, -0.1) is 0 Å². The van der Waals surface area contributed by atoms with Crippen molar-refractivity contribution >= 4 is 44.0 Å². The summed E-state index contributed by atoms with van der Waals surface area (Å²) in [5.74, 6) is 0. The van der Waals surface area contributed by atoms with Crippen molar-refractivity contribution in [3.63, 3.8) is 0 Å². The standard InChI is InChI=1S/C25H18N2O2/c1-13-10-19(26-12-14(13)2)18-11-15(3)27-23-17-8-9-21-22(24(17)29-25(18)23)16-6-4-5-7-20(16)28-21/h4-12H,1-3H3/i1D3,2D3,3D3. The van der Waals surface area contributed by atoms with Gasteiger partial charge in [0.05, 0.1) is 11.1 Å². The zero-order valence-corrected chi connectivity index (χ0v) is 14.9. The van der Waals surface area contributed by atoms with Crippen LogP contribution in [-0.2, 0) is 0 Å². The van der Waals surface area contributed by atoms with Crippen LogP contribution >= 0.6 is 0 Å². The summed E-state index contributed by atoms with van der Waals surface area (Å²) in [6, 6.07) is 13.3. The highest BCUT2D eigenvalue weighted by Crippen LogP contribution is 2.41. The van der Waals surface area contributed by atoms with Gasteiger partial charge in [0.2, 0.25) is 0 Å². The molecule has 0 unspecified atom stereocenters. The lowest BCUT2D eigenvalue weighted by molar-refractivity contribution is 0.662. The summed E-state index contributed by atoms with van der Waals surface area (Å²) in [6.45, 7) is -8.05. The molecule has 0 aliphatic heterocycles. The van der Waals surface area contributed by atoms with Gasteiger partial charge in [0.25, 0.3) is 0 Å². The lowest BCUT2D eigenvalue weighted by Crippen LogP contribution is -1.91. The van der Waals surface area contributed by atoms with E-state index in [0.29, 0.717) is 27.5 Å². The van der Waals surface area contributed by atoms with Gasteiger partial charge in [-0.3, -0.25) is 4.98 Å². The molecule has 4 heterocycles. The molecule has 4 nitrogen and oxygen atoms in total. The van der Waals surface area contributed by atoms with Crippen molar-refractivity contribution in [2.45, 2.75) is 20.6 Å². The zero-order chi connectivity index (χ0) is 27.2. The van der Waals surface area contributed by atoms with E-state index in [1.807, 2.05) is 24.3 Å². The van der Waals surface area contributed by atoms with Gasteiger partial charge in [-0.2, -0.15) is 0 Å². The highest BCUT2D eigenvalue weighted by Gasteiger charge is 2.20. The number of hydrogen-bond acceptors (Lipinski definition) is 4. The molecule has 4 heteroatoms. The van der Waals surface area contributed by atoms with Crippen molar-refractivity contribution < 1.29 is 21.2 Å². The average Bonchev–Trinajstić information content (AvgIpc) is 3.39. The number of nitrogens with zero attached hydrogens (tertiary/aromatic N) is 2. The van der Waals surface area contributed by atoms with Crippen molar-refractivity contribution in [3.8, 4) is 11.3 Å². The summed E-state index contributed by atoms with van der Waals surface area (Å²) in [6.07, 6.45) is 0.996. The van der Waals surface area contributed by atoms with Crippen LogP contribution in [0, 0.1) is 20.6 Å². The number of fused-ring (bicyclic) bond motifs is 7. The highest BCUT2D eigenvalue weighted by atomic mass is 16.3. The molecule has 0 amide bonds. The van der Waals surface area contributed by atoms with Crippen molar-refractivity contribution in [1.29, 1.82) is 0 Å². The predicted octanol–water partition coefficient (Wildman–Crippen LogP) is 6.87. The van der Waals surface area contributed by atoms with Crippen LogP contribution in [0.1, 0.15) is 29.2 Å². The minimum atomic E-state index is -2.75. The SMILES string of the molecule is [2H]C([2H])([2H])c1cc(-c2cc(C([2H])([2H])[2H])c(C([2H])([2H])[2H])cn2)c2oc3c(ccc4oc5ccccc5c43)c2n1. The summed E-state index contributed by atoms with van der Waals surface area (Å²) in [7, 11) is 0. The lowest BCUT2D eigenvalue weighted by atomic mass is 10.1. The first-order valence-corrected chi connectivity index (χ1v) is 8.93. The lowest BCUT2D eigenvalue weighted by Gasteiger charge is -2.06. The molecule has 0 radical (unpaired) electrons. The monoisotopic (exact) mass is 387 g/mol. The summed E-state index contributed by atoms with van der Waals surface area (Å²) < 4.78 is 83.2. The van der Waals surface area contributed by atoms with Gasteiger partial charge in [-0.05, 0) is 62.0 Å². The molecule has 0 saturated heterocycles. The molecule has 6 aromatic rings. The molecule has 0 saturated carbocycles. The number of pyridine rings is 2. The van der Waals surface area contributed by atoms with Gasteiger partial charge in [-0.1, -0.05) is 18.2 Å². The first-order chi connectivity index (χ1) is 17.7. The van der Waals surface area contributed by atoms with E-state index in [9.17, 15) is 0 Å². The van der Waals surface area contributed by atoms with Crippen LogP contribution in [0.15, 0.2) is 63.6 Å². The van der Waals surface area contributed by atoms with Crippen molar-refractivity contribution in [2.75, 3.05) is 0 Å². The van der Waals surface area contributed by atoms with E-state index in [0.717, 1.165) is 17.6 Å². The van der Waals surface area contributed by atoms with Gasteiger partial charge in [0.1, 0.15) is 22.3 Å². The van der Waals surface area contributed by atoms with E-state index < -0.39 is 31.7 Å². The fraction of sp³-hybridized carbons (Fsp3) is 0.120. The largest absolute Gasteiger partial charge is 0.456 e. The zero-order valence-electron chi connectivity index (χ0n) is 23.9. The molecule has 6 rings (SSSR count). The minimum absolute atomic E-state index is 0.0503. The van der Waals surface area contributed by atoms with Crippen LogP contribution < -0.4 is 0 Å². The quantitative estimate of drug-likeness (QED) is 0.309. The number of benzene rings is 2. The van der Waals surface area contributed by atoms with Gasteiger partial charge in [-0.25, -0.2) is 4.98 Å². The second kappa shape index (κ2) is 5.67. The smallest absolute Gasteiger partial charge is 0.163 e. The fourth-order valence-electron chi connectivity index (χ4n) is 3.79. The molecule has 4 aromatic heterocycles.